The number of carbonyl (C=O) groups excluding carboxylic acids is 1. The number of carbonyl (C=O) groups is 1. The van der Waals surface area contributed by atoms with Crippen molar-refractivity contribution in [2.75, 3.05) is 19.0 Å². The fourth-order valence-corrected chi connectivity index (χ4v) is 3.37. The molecule has 2 heterocycles. The zero-order valence-corrected chi connectivity index (χ0v) is 17.1. The first-order valence-electron chi connectivity index (χ1n) is 9.44. The predicted octanol–water partition coefficient (Wildman–Crippen LogP) is 3.50. The average Bonchev–Trinajstić information content (AvgIpc) is 2.72. The first kappa shape index (κ1) is 20.2. The van der Waals surface area contributed by atoms with E-state index in [-0.39, 0.29) is 11.3 Å². The minimum atomic E-state index is -0.258. The Bertz CT molecular complexity index is 1120. The van der Waals surface area contributed by atoms with E-state index in [0.717, 1.165) is 22.5 Å². The molecule has 0 unspecified atom stereocenters. The number of nitrogens with zero attached hydrogens (tertiary/aromatic N) is 3. The molecule has 1 N–H and O–H groups in total. The fourth-order valence-electron chi connectivity index (χ4n) is 3.37. The molecule has 3 aromatic rings. The first-order valence-corrected chi connectivity index (χ1v) is 9.44. The largest absolute Gasteiger partial charge is 0.373 e. The quantitative estimate of drug-likeness (QED) is 0.654. The standard InChI is InChI=1S/C23H24N4O2/c1-5-19-15(2)26-23(29)21(27(3)4)20(19)22(28)17-8-6-7-16(13-17)9-10-18-14-24-11-12-25-18/h6-14H,5H2,1-4H3,(H,26,29)/b10-9+. The van der Waals surface area contributed by atoms with Crippen LogP contribution in [0.2, 0.25) is 0 Å². The zero-order chi connectivity index (χ0) is 21.0. The maximum Gasteiger partial charge on any atom is 0.272 e. The smallest absolute Gasteiger partial charge is 0.272 e. The SMILES string of the molecule is CCc1c(C)[nH]c(=O)c(N(C)C)c1C(=O)c1cccc(/C=C/c2cnccn2)c1. The minimum absolute atomic E-state index is 0.158. The Balaban J connectivity index is 2.06. The second-order valence-corrected chi connectivity index (χ2v) is 6.95. The van der Waals surface area contributed by atoms with Crippen molar-refractivity contribution in [2.45, 2.75) is 20.3 Å². The molecule has 2 aromatic heterocycles. The molecule has 0 amide bonds. The lowest BCUT2D eigenvalue weighted by atomic mass is 9.93. The number of ketones is 1. The number of pyridine rings is 1. The van der Waals surface area contributed by atoms with Gasteiger partial charge in [-0.1, -0.05) is 31.2 Å². The topological polar surface area (TPSA) is 79.0 Å². The van der Waals surface area contributed by atoms with Crippen molar-refractivity contribution in [2.24, 2.45) is 0 Å². The molecule has 0 fully saturated rings. The zero-order valence-electron chi connectivity index (χ0n) is 17.1. The Kier molecular flexibility index (Phi) is 6.02. The number of nitrogens with one attached hydrogen (secondary N) is 1. The average molecular weight is 388 g/mol. The summed E-state index contributed by atoms with van der Waals surface area (Å²) in [5, 5.41) is 0. The normalized spacial score (nSPS) is 11.0. The van der Waals surface area contributed by atoms with E-state index in [4.69, 9.17) is 0 Å². The number of hydrogen-bond donors (Lipinski definition) is 1. The Morgan fingerprint density at radius 3 is 2.66 bits per heavy atom. The monoisotopic (exact) mass is 388 g/mol. The van der Waals surface area contributed by atoms with Crippen molar-refractivity contribution in [1.82, 2.24) is 15.0 Å². The number of aromatic nitrogens is 3. The van der Waals surface area contributed by atoms with E-state index in [1.54, 1.807) is 43.7 Å². The Morgan fingerprint density at radius 1 is 1.21 bits per heavy atom. The van der Waals surface area contributed by atoms with E-state index in [9.17, 15) is 9.59 Å². The van der Waals surface area contributed by atoms with Gasteiger partial charge in [-0.3, -0.25) is 19.6 Å². The predicted molar refractivity (Wildman–Crippen MR) is 116 cm³/mol. The number of aryl methyl sites for hydroxylation is 1. The molecule has 6 nitrogen and oxygen atoms in total. The second-order valence-electron chi connectivity index (χ2n) is 6.95. The summed E-state index contributed by atoms with van der Waals surface area (Å²) in [6.45, 7) is 3.81. The van der Waals surface area contributed by atoms with E-state index in [2.05, 4.69) is 15.0 Å². The highest BCUT2D eigenvalue weighted by atomic mass is 16.1. The summed E-state index contributed by atoms with van der Waals surface area (Å²) in [5.74, 6) is -0.158. The lowest BCUT2D eigenvalue weighted by Gasteiger charge is -2.20. The van der Waals surface area contributed by atoms with Crippen LogP contribution in [0.25, 0.3) is 12.2 Å². The summed E-state index contributed by atoms with van der Waals surface area (Å²) in [5.41, 5.74) is 4.32. The molecule has 29 heavy (non-hydrogen) atoms. The second kappa shape index (κ2) is 8.65. The molecule has 0 aliphatic carbocycles. The van der Waals surface area contributed by atoms with Crippen LogP contribution in [0.3, 0.4) is 0 Å². The van der Waals surface area contributed by atoms with Gasteiger partial charge < -0.3 is 9.88 Å². The van der Waals surface area contributed by atoms with E-state index < -0.39 is 0 Å². The van der Waals surface area contributed by atoms with Crippen LogP contribution in [0.1, 0.15) is 45.4 Å². The number of hydrogen-bond acceptors (Lipinski definition) is 5. The molecule has 0 atom stereocenters. The number of benzene rings is 1. The van der Waals surface area contributed by atoms with Gasteiger partial charge in [0.15, 0.2) is 5.78 Å². The maximum atomic E-state index is 13.5. The molecular weight excluding hydrogens is 364 g/mol. The summed E-state index contributed by atoms with van der Waals surface area (Å²) in [7, 11) is 3.55. The Hall–Kier alpha value is -3.54. The van der Waals surface area contributed by atoms with Crippen LogP contribution >= 0.6 is 0 Å². The van der Waals surface area contributed by atoms with Crippen molar-refractivity contribution in [1.29, 1.82) is 0 Å². The molecule has 0 saturated carbocycles. The van der Waals surface area contributed by atoms with E-state index in [1.807, 2.05) is 44.2 Å². The highest BCUT2D eigenvalue weighted by Crippen LogP contribution is 2.25. The van der Waals surface area contributed by atoms with Crippen LogP contribution in [-0.2, 0) is 6.42 Å². The molecule has 0 aliphatic heterocycles. The molecule has 0 radical (unpaired) electrons. The molecule has 3 rings (SSSR count). The van der Waals surface area contributed by atoms with Gasteiger partial charge in [-0.15, -0.1) is 0 Å². The van der Waals surface area contributed by atoms with Crippen molar-refractivity contribution in [3.8, 4) is 0 Å². The molecule has 0 bridgehead atoms. The lowest BCUT2D eigenvalue weighted by molar-refractivity contribution is 0.103. The summed E-state index contributed by atoms with van der Waals surface area (Å²) < 4.78 is 0. The molecule has 6 heteroatoms. The highest BCUT2D eigenvalue weighted by Gasteiger charge is 2.23. The van der Waals surface area contributed by atoms with Crippen LogP contribution in [0.15, 0.2) is 47.7 Å². The Morgan fingerprint density at radius 2 is 2.00 bits per heavy atom. The summed E-state index contributed by atoms with van der Waals surface area (Å²) in [6.07, 6.45) is 9.30. The number of anilines is 1. The molecule has 0 aliphatic rings. The van der Waals surface area contributed by atoms with E-state index >= 15 is 0 Å². The van der Waals surface area contributed by atoms with E-state index in [0.29, 0.717) is 23.2 Å². The Labute approximate surface area is 170 Å². The third-order valence-electron chi connectivity index (χ3n) is 4.71. The number of rotatable bonds is 6. The van der Waals surface area contributed by atoms with E-state index in [1.165, 1.54) is 0 Å². The van der Waals surface area contributed by atoms with Gasteiger partial charge in [0.25, 0.3) is 5.56 Å². The van der Waals surface area contributed by atoms with Crippen LogP contribution in [0.4, 0.5) is 5.69 Å². The molecule has 1 aromatic carbocycles. The third kappa shape index (κ3) is 4.32. The van der Waals surface area contributed by atoms with Gasteiger partial charge in [-0.2, -0.15) is 0 Å². The van der Waals surface area contributed by atoms with Gasteiger partial charge in [-0.25, -0.2) is 0 Å². The highest BCUT2D eigenvalue weighted by molar-refractivity contribution is 6.13. The van der Waals surface area contributed by atoms with Gasteiger partial charge in [0, 0.05) is 37.7 Å². The molecule has 148 valence electrons. The fraction of sp³-hybridized carbons (Fsp3) is 0.217. The van der Waals surface area contributed by atoms with Crippen molar-refractivity contribution in [3.63, 3.8) is 0 Å². The summed E-state index contributed by atoms with van der Waals surface area (Å²) in [4.78, 5) is 38.8. The first-order chi connectivity index (χ1) is 13.9. The van der Waals surface area contributed by atoms with Gasteiger partial charge in [0.1, 0.15) is 5.69 Å². The molecular formula is C23H24N4O2. The van der Waals surface area contributed by atoms with Crippen molar-refractivity contribution in [3.05, 3.63) is 86.9 Å². The lowest BCUT2D eigenvalue weighted by Crippen LogP contribution is -2.27. The third-order valence-corrected chi connectivity index (χ3v) is 4.71. The van der Waals surface area contributed by atoms with Crippen LogP contribution in [-0.4, -0.2) is 34.8 Å². The van der Waals surface area contributed by atoms with Crippen LogP contribution in [0.5, 0.6) is 0 Å². The summed E-state index contributed by atoms with van der Waals surface area (Å²) in [6, 6.07) is 7.35. The maximum absolute atomic E-state index is 13.5. The summed E-state index contributed by atoms with van der Waals surface area (Å²) >= 11 is 0. The molecule has 0 spiro atoms. The van der Waals surface area contributed by atoms with Crippen molar-refractivity contribution < 1.29 is 4.79 Å². The van der Waals surface area contributed by atoms with Crippen LogP contribution in [0, 0.1) is 6.92 Å². The van der Waals surface area contributed by atoms with Crippen LogP contribution < -0.4 is 10.5 Å². The number of aromatic amines is 1. The van der Waals surface area contributed by atoms with Gasteiger partial charge in [0.05, 0.1) is 17.5 Å². The van der Waals surface area contributed by atoms with Gasteiger partial charge in [0.2, 0.25) is 0 Å². The van der Waals surface area contributed by atoms with Crippen molar-refractivity contribution >= 4 is 23.6 Å². The minimum Gasteiger partial charge on any atom is -0.373 e. The van der Waals surface area contributed by atoms with Gasteiger partial charge >= 0.3 is 0 Å². The van der Waals surface area contributed by atoms with Gasteiger partial charge in [-0.05, 0) is 36.6 Å². The molecule has 0 saturated heterocycles. The number of H-pyrrole nitrogens is 1.